The molecule has 0 aliphatic rings. The van der Waals surface area contributed by atoms with Gasteiger partial charge in [-0.05, 0) is 50.4 Å². The van der Waals surface area contributed by atoms with Gasteiger partial charge in [0, 0.05) is 24.2 Å². The molecule has 0 saturated carbocycles. The molecule has 4 N–H and O–H groups in total. The molecule has 0 spiro atoms. The SMILES string of the molecule is CCCC(=O)Nc1cccc(NC(=O)CCCCCCN)c1C. The highest BCUT2D eigenvalue weighted by molar-refractivity contribution is 5.95. The van der Waals surface area contributed by atoms with Crippen molar-refractivity contribution in [3.8, 4) is 0 Å². The quantitative estimate of drug-likeness (QED) is 0.576. The van der Waals surface area contributed by atoms with Gasteiger partial charge in [-0.1, -0.05) is 25.8 Å². The summed E-state index contributed by atoms with van der Waals surface area (Å²) >= 11 is 0. The second-order valence-electron chi connectivity index (χ2n) is 5.78. The van der Waals surface area contributed by atoms with Crippen molar-refractivity contribution >= 4 is 23.2 Å². The van der Waals surface area contributed by atoms with Gasteiger partial charge >= 0.3 is 0 Å². The van der Waals surface area contributed by atoms with E-state index < -0.39 is 0 Å². The van der Waals surface area contributed by atoms with Crippen molar-refractivity contribution in [1.82, 2.24) is 0 Å². The molecule has 5 heteroatoms. The number of hydrogen-bond donors (Lipinski definition) is 3. The van der Waals surface area contributed by atoms with E-state index in [1.54, 1.807) is 0 Å². The molecule has 0 aliphatic carbocycles. The lowest BCUT2D eigenvalue weighted by molar-refractivity contribution is -0.117. The third-order valence-corrected chi connectivity index (χ3v) is 3.72. The van der Waals surface area contributed by atoms with Gasteiger partial charge in [0.15, 0.2) is 0 Å². The Bertz CT molecular complexity index is 515. The van der Waals surface area contributed by atoms with Crippen LogP contribution in [0.4, 0.5) is 11.4 Å². The van der Waals surface area contributed by atoms with Crippen molar-refractivity contribution in [1.29, 1.82) is 0 Å². The molecule has 0 aromatic heterocycles. The van der Waals surface area contributed by atoms with Crippen molar-refractivity contribution in [3.05, 3.63) is 23.8 Å². The molecule has 0 bridgehead atoms. The summed E-state index contributed by atoms with van der Waals surface area (Å²) in [6.07, 6.45) is 5.80. The van der Waals surface area contributed by atoms with E-state index in [1.165, 1.54) is 0 Å². The summed E-state index contributed by atoms with van der Waals surface area (Å²) in [7, 11) is 0. The Morgan fingerprint density at radius 2 is 1.52 bits per heavy atom. The Morgan fingerprint density at radius 1 is 0.957 bits per heavy atom. The lowest BCUT2D eigenvalue weighted by atomic mass is 10.1. The predicted molar refractivity (Wildman–Crippen MR) is 95.5 cm³/mol. The molecular weight excluding hydrogens is 290 g/mol. The van der Waals surface area contributed by atoms with Crippen LogP contribution < -0.4 is 16.4 Å². The zero-order chi connectivity index (χ0) is 17.1. The topological polar surface area (TPSA) is 84.2 Å². The van der Waals surface area contributed by atoms with Gasteiger partial charge in [-0.3, -0.25) is 9.59 Å². The van der Waals surface area contributed by atoms with Crippen LogP contribution in [0.25, 0.3) is 0 Å². The number of carbonyl (C=O) groups is 2. The van der Waals surface area contributed by atoms with Crippen molar-refractivity contribution in [3.63, 3.8) is 0 Å². The standard InChI is InChI=1S/C18H29N3O2/c1-3-9-17(22)20-15-10-8-11-16(14(15)2)21-18(23)12-6-4-5-7-13-19/h8,10-11H,3-7,9,12-13,19H2,1-2H3,(H,20,22)(H,21,23). The fourth-order valence-electron chi connectivity index (χ4n) is 2.34. The van der Waals surface area contributed by atoms with Crippen molar-refractivity contribution in [2.45, 2.75) is 58.8 Å². The van der Waals surface area contributed by atoms with Crippen molar-refractivity contribution < 1.29 is 9.59 Å². The molecular formula is C18H29N3O2. The molecule has 0 aliphatic heterocycles. The van der Waals surface area contributed by atoms with Crippen LogP contribution in [0.5, 0.6) is 0 Å². The van der Waals surface area contributed by atoms with Gasteiger partial charge in [0.1, 0.15) is 0 Å². The van der Waals surface area contributed by atoms with Crippen LogP contribution in [-0.4, -0.2) is 18.4 Å². The fourth-order valence-corrected chi connectivity index (χ4v) is 2.34. The normalized spacial score (nSPS) is 10.4. The van der Waals surface area contributed by atoms with Gasteiger partial charge in [0.2, 0.25) is 11.8 Å². The Hall–Kier alpha value is -1.88. The zero-order valence-corrected chi connectivity index (χ0v) is 14.3. The van der Waals surface area contributed by atoms with E-state index in [4.69, 9.17) is 5.73 Å². The Kier molecular flexibility index (Phi) is 8.98. The monoisotopic (exact) mass is 319 g/mol. The number of hydrogen-bond acceptors (Lipinski definition) is 3. The van der Waals surface area contributed by atoms with Crippen LogP contribution in [0, 0.1) is 6.92 Å². The molecule has 5 nitrogen and oxygen atoms in total. The summed E-state index contributed by atoms with van der Waals surface area (Å²) in [5, 5.41) is 5.82. The first-order valence-electron chi connectivity index (χ1n) is 8.47. The number of benzene rings is 1. The van der Waals surface area contributed by atoms with Gasteiger partial charge in [-0.25, -0.2) is 0 Å². The molecule has 0 unspecified atom stereocenters. The second kappa shape index (κ2) is 10.8. The molecule has 23 heavy (non-hydrogen) atoms. The first-order chi connectivity index (χ1) is 11.1. The first-order valence-corrected chi connectivity index (χ1v) is 8.47. The van der Waals surface area contributed by atoms with E-state index in [1.807, 2.05) is 32.0 Å². The number of amides is 2. The number of nitrogens with two attached hydrogens (primary N) is 1. The van der Waals surface area contributed by atoms with Crippen LogP contribution in [0.1, 0.15) is 57.4 Å². The molecule has 1 rings (SSSR count). The van der Waals surface area contributed by atoms with Gasteiger partial charge in [0.05, 0.1) is 0 Å². The maximum Gasteiger partial charge on any atom is 0.224 e. The highest BCUT2D eigenvalue weighted by Crippen LogP contribution is 2.24. The van der Waals surface area contributed by atoms with Gasteiger partial charge in [0.25, 0.3) is 0 Å². The molecule has 0 radical (unpaired) electrons. The molecule has 0 heterocycles. The minimum Gasteiger partial charge on any atom is -0.330 e. The summed E-state index contributed by atoms with van der Waals surface area (Å²) in [6.45, 7) is 4.58. The number of unbranched alkanes of at least 4 members (excludes halogenated alkanes) is 3. The van der Waals surface area contributed by atoms with Crippen molar-refractivity contribution in [2.24, 2.45) is 5.73 Å². The highest BCUT2D eigenvalue weighted by Gasteiger charge is 2.09. The summed E-state index contributed by atoms with van der Waals surface area (Å²) in [6, 6.07) is 5.55. The van der Waals surface area contributed by atoms with Crippen LogP contribution >= 0.6 is 0 Å². The lowest BCUT2D eigenvalue weighted by Crippen LogP contribution is -2.15. The average Bonchev–Trinajstić information content (AvgIpc) is 2.51. The molecule has 1 aromatic rings. The largest absolute Gasteiger partial charge is 0.330 e. The fraction of sp³-hybridized carbons (Fsp3) is 0.556. The molecule has 0 atom stereocenters. The van der Waals surface area contributed by atoms with Gasteiger partial charge in [-0.2, -0.15) is 0 Å². The van der Waals surface area contributed by atoms with E-state index in [0.29, 0.717) is 19.4 Å². The molecule has 0 fully saturated rings. The summed E-state index contributed by atoms with van der Waals surface area (Å²) in [5.74, 6) is 0.0110. The van der Waals surface area contributed by atoms with Gasteiger partial charge < -0.3 is 16.4 Å². The van der Waals surface area contributed by atoms with Crippen LogP contribution in [0.3, 0.4) is 0 Å². The van der Waals surface area contributed by atoms with E-state index >= 15 is 0 Å². The van der Waals surface area contributed by atoms with Gasteiger partial charge in [-0.15, -0.1) is 0 Å². The smallest absolute Gasteiger partial charge is 0.224 e. The summed E-state index contributed by atoms with van der Waals surface area (Å²) in [5.41, 5.74) is 7.84. The summed E-state index contributed by atoms with van der Waals surface area (Å²) in [4.78, 5) is 23.7. The third kappa shape index (κ3) is 7.28. The van der Waals surface area contributed by atoms with E-state index in [-0.39, 0.29) is 11.8 Å². The van der Waals surface area contributed by atoms with Crippen molar-refractivity contribution in [2.75, 3.05) is 17.2 Å². The average molecular weight is 319 g/mol. The minimum absolute atomic E-state index is 0.000944. The van der Waals surface area contributed by atoms with E-state index in [9.17, 15) is 9.59 Å². The maximum atomic E-state index is 12.0. The summed E-state index contributed by atoms with van der Waals surface area (Å²) < 4.78 is 0. The Balaban J connectivity index is 2.53. The first kappa shape index (κ1) is 19.2. The molecule has 128 valence electrons. The van der Waals surface area contributed by atoms with Crippen LogP contribution in [0.2, 0.25) is 0 Å². The number of carbonyl (C=O) groups excluding carboxylic acids is 2. The lowest BCUT2D eigenvalue weighted by Gasteiger charge is -2.13. The predicted octanol–water partition coefficient (Wildman–Crippen LogP) is 3.58. The van der Waals surface area contributed by atoms with Crippen LogP contribution in [-0.2, 0) is 9.59 Å². The third-order valence-electron chi connectivity index (χ3n) is 3.72. The Morgan fingerprint density at radius 3 is 2.09 bits per heavy atom. The number of rotatable bonds is 10. The molecule has 0 saturated heterocycles. The van der Waals surface area contributed by atoms with E-state index in [0.717, 1.165) is 49.0 Å². The van der Waals surface area contributed by atoms with E-state index in [2.05, 4.69) is 10.6 Å². The number of nitrogens with one attached hydrogen (secondary N) is 2. The minimum atomic E-state index is -0.000944. The second-order valence-corrected chi connectivity index (χ2v) is 5.78. The van der Waals surface area contributed by atoms with Crippen LogP contribution in [0.15, 0.2) is 18.2 Å². The molecule has 2 amide bonds. The molecule has 1 aromatic carbocycles. The zero-order valence-electron chi connectivity index (χ0n) is 14.3. The number of anilines is 2. The Labute approximate surface area is 139 Å². The maximum absolute atomic E-state index is 12.0. The highest BCUT2D eigenvalue weighted by atomic mass is 16.2.